The number of hydrogen-bond acceptors (Lipinski definition) is 5. The molecule has 2 aromatic carbocycles. The van der Waals surface area contributed by atoms with Crippen LogP contribution >= 0.6 is 11.8 Å². The van der Waals surface area contributed by atoms with E-state index in [4.69, 9.17) is 0 Å². The normalized spacial score (nSPS) is 10.8. The number of pyridine rings is 1. The number of carbonyl (C=O) groups is 1. The monoisotopic (exact) mass is 414 g/mol. The van der Waals surface area contributed by atoms with Crippen LogP contribution in [-0.2, 0) is 17.8 Å². The molecule has 0 amide bonds. The number of rotatable bonds is 8. The van der Waals surface area contributed by atoms with Crippen molar-refractivity contribution in [2.45, 2.75) is 25.0 Å². The number of thioether (sulfide) groups is 1. The molecule has 0 spiro atoms. The van der Waals surface area contributed by atoms with E-state index >= 15 is 0 Å². The zero-order chi connectivity index (χ0) is 20.8. The molecule has 0 unspecified atom stereocenters. The Labute approximate surface area is 180 Å². The Morgan fingerprint density at radius 2 is 1.73 bits per heavy atom. The fraction of sp³-hybridized carbons (Fsp3) is 0.167. The van der Waals surface area contributed by atoms with Gasteiger partial charge in [-0.3, -0.25) is 14.3 Å². The summed E-state index contributed by atoms with van der Waals surface area (Å²) in [5.74, 6) is 1.27. The van der Waals surface area contributed by atoms with Crippen molar-refractivity contribution in [1.82, 2.24) is 19.7 Å². The molecule has 4 rings (SSSR count). The standard InChI is InChI=1S/C24H22N4OS/c1-18-9-11-19(12-10-18)14-22(29)17-30-24-27-26-23(21-8-5-13-25-15-21)28(24)16-20-6-3-2-4-7-20/h2-13,15H,14,16-17H2,1H3. The lowest BCUT2D eigenvalue weighted by atomic mass is 10.1. The molecule has 5 nitrogen and oxygen atoms in total. The fourth-order valence-electron chi connectivity index (χ4n) is 3.14. The van der Waals surface area contributed by atoms with E-state index in [1.165, 1.54) is 17.3 Å². The second-order valence-corrected chi connectivity index (χ2v) is 8.05. The summed E-state index contributed by atoms with van der Waals surface area (Å²) in [5, 5.41) is 9.50. The molecular formula is C24H22N4OS. The molecule has 4 aromatic rings. The highest BCUT2D eigenvalue weighted by atomic mass is 32.2. The van der Waals surface area contributed by atoms with Crippen molar-refractivity contribution < 1.29 is 4.79 Å². The van der Waals surface area contributed by atoms with Crippen LogP contribution in [0.15, 0.2) is 84.3 Å². The van der Waals surface area contributed by atoms with Crippen molar-refractivity contribution in [1.29, 1.82) is 0 Å². The molecule has 0 saturated carbocycles. The number of carbonyl (C=O) groups excluding carboxylic acids is 1. The van der Waals surface area contributed by atoms with E-state index in [0.717, 1.165) is 27.7 Å². The van der Waals surface area contributed by atoms with Gasteiger partial charge in [0, 0.05) is 24.4 Å². The lowest BCUT2D eigenvalue weighted by Crippen LogP contribution is -2.08. The maximum atomic E-state index is 12.5. The van der Waals surface area contributed by atoms with E-state index in [0.29, 0.717) is 18.7 Å². The summed E-state index contributed by atoms with van der Waals surface area (Å²) in [4.78, 5) is 16.7. The Balaban J connectivity index is 1.52. The first-order valence-electron chi connectivity index (χ1n) is 9.76. The van der Waals surface area contributed by atoms with Gasteiger partial charge in [0.2, 0.25) is 0 Å². The molecule has 0 aliphatic heterocycles. The van der Waals surface area contributed by atoms with Gasteiger partial charge in [0.1, 0.15) is 5.78 Å². The number of aromatic nitrogens is 4. The average Bonchev–Trinajstić information content (AvgIpc) is 3.17. The van der Waals surface area contributed by atoms with Gasteiger partial charge in [0.05, 0.1) is 12.3 Å². The first-order valence-corrected chi connectivity index (χ1v) is 10.7. The Kier molecular flexibility index (Phi) is 6.35. The van der Waals surface area contributed by atoms with Gasteiger partial charge in [0.25, 0.3) is 0 Å². The Hall–Kier alpha value is -3.25. The summed E-state index contributed by atoms with van der Waals surface area (Å²) in [6.07, 6.45) is 3.94. The minimum absolute atomic E-state index is 0.168. The van der Waals surface area contributed by atoms with Crippen LogP contribution in [0.1, 0.15) is 16.7 Å². The number of Topliss-reactive ketones (excluding diaryl/α,β-unsaturated/α-hetero) is 1. The molecule has 0 bridgehead atoms. The summed E-state index contributed by atoms with van der Waals surface area (Å²) in [5.41, 5.74) is 4.28. The van der Waals surface area contributed by atoms with Gasteiger partial charge in [-0.2, -0.15) is 0 Å². The molecule has 2 heterocycles. The molecule has 2 aromatic heterocycles. The van der Waals surface area contributed by atoms with E-state index in [9.17, 15) is 4.79 Å². The SMILES string of the molecule is Cc1ccc(CC(=O)CSc2nnc(-c3cccnc3)n2Cc2ccccc2)cc1. The third-order valence-electron chi connectivity index (χ3n) is 4.70. The molecule has 0 fully saturated rings. The second-order valence-electron chi connectivity index (χ2n) is 7.11. The lowest BCUT2D eigenvalue weighted by Gasteiger charge is -2.10. The van der Waals surface area contributed by atoms with E-state index < -0.39 is 0 Å². The van der Waals surface area contributed by atoms with E-state index in [2.05, 4.69) is 31.9 Å². The molecule has 0 aliphatic rings. The molecule has 150 valence electrons. The van der Waals surface area contributed by atoms with Crippen molar-refractivity contribution in [3.8, 4) is 11.4 Å². The van der Waals surface area contributed by atoms with Gasteiger partial charge in [-0.25, -0.2) is 0 Å². The van der Waals surface area contributed by atoms with Gasteiger partial charge >= 0.3 is 0 Å². The molecule has 0 atom stereocenters. The maximum Gasteiger partial charge on any atom is 0.192 e. The highest BCUT2D eigenvalue weighted by Gasteiger charge is 2.16. The minimum atomic E-state index is 0.168. The Bertz CT molecular complexity index is 1110. The van der Waals surface area contributed by atoms with E-state index in [1.54, 1.807) is 12.4 Å². The molecule has 0 radical (unpaired) electrons. The number of hydrogen-bond donors (Lipinski definition) is 0. The predicted molar refractivity (Wildman–Crippen MR) is 119 cm³/mol. The first kappa shape index (κ1) is 20.0. The summed E-state index contributed by atoms with van der Waals surface area (Å²) < 4.78 is 2.05. The Morgan fingerprint density at radius 1 is 0.933 bits per heavy atom. The number of aryl methyl sites for hydroxylation is 1. The van der Waals surface area contributed by atoms with Crippen LogP contribution in [-0.4, -0.2) is 31.3 Å². The zero-order valence-electron chi connectivity index (χ0n) is 16.7. The average molecular weight is 415 g/mol. The second kappa shape index (κ2) is 9.50. The predicted octanol–water partition coefficient (Wildman–Crippen LogP) is 4.60. The smallest absolute Gasteiger partial charge is 0.192 e. The van der Waals surface area contributed by atoms with Crippen LogP contribution in [0.5, 0.6) is 0 Å². The van der Waals surface area contributed by atoms with Crippen LogP contribution in [0.3, 0.4) is 0 Å². The molecular weight excluding hydrogens is 392 g/mol. The molecule has 0 aliphatic carbocycles. The Morgan fingerprint density at radius 3 is 2.47 bits per heavy atom. The van der Waals surface area contributed by atoms with Crippen LogP contribution in [0.25, 0.3) is 11.4 Å². The summed E-state index contributed by atoms with van der Waals surface area (Å²) in [6.45, 7) is 2.67. The third-order valence-corrected chi connectivity index (χ3v) is 5.73. The molecule has 0 N–H and O–H groups in total. The fourth-order valence-corrected chi connectivity index (χ4v) is 3.94. The van der Waals surface area contributed by atoms with Gasteiger partial charge in [0.15, 0.2) is 11.0 Å². The number of benzene rings is 2. The zero-order valence-corrected chi connectivity index (χ0v) is 17.5. The minimum Gasteiger partial charge on any atom is -0.298 e. The van der Waals surface area contributed by atoms with Gasteiger partial charge in [-0.15, -0.1) is 10.2 Å². The van der Waals surface area contributed by atoms with Crippen LogP contribution in [0, 0.1) is 6.92 Å². The summed E-state index contributed by atoms with van der Waals surface area (Å²) in [7, 11) is 0. The van der Waals surface area contributed by atoms with Crippen molar-refractivity contribution >= 4 is 17.5 Å². The first-order chi connectivity index (χ1) is 14.7. The van der Waals surface area contributed by atoms with Gasteiger partial charge < -0.3 is 0 Å². The van der Waals surface area contributed by atoms with Gasteiger partial charge in [-0.1, -0.05) is 71.9 Å². The quantitative estimate of drug-likeness (QED) is 0.394. The third kappa shape index (κ3) is 5.02. The molecule has 30 heavy (non-hydrogen) atoms. The molecule has 0 saturated heterocycles. The van der Waals surface area contributed by atoms with Crippen molar-refractivity contribution in [3.63, 3.8) is 0 Å². The van der Waals surface area contributed by atoms with E-state index in [-0.39, 0.29) is 5.78 Å². The van der Waals surface area contributed by atoms with Crippen molar-refractivity contribution in [2.24, 2.45) is 0 Å². The largest absolute Gasteiger partial charge is 0.298 e. The van der Waals surface area contributed by atoms with Crippen LogP contribution in [0.4, 0.5) is 0 Å². The highest BCUT2D eigenvalue weighted by molar-refractivity contribution is 7.99. The van der Waals surface area contributed by atoms with Crippen LogP contribution in [0.2, 0.25) is 0 Å². The van der Waals surface area contributed by atoms with Crippen LogP contribution < -0.4 is 0 Å². The molecule has 6 heteroatoms. The van der Waals surface area contributed by atoms with Gasteiger partial charge in [-0.05, 0) is 30.2 Å². The summed E-state index contributed by atoms with van der Waals surface area (Å²) in [6, 6.07) is 22.1. The number of nitrogens with zero attached hydrogens (tertiary/aromatic N) is 4. The number of ketones is 1. The topological polar surface area (TPSA) is 60.7 Å². The van der Waals surface area contributed by atoms with E-state index in [1.807, 2.05) is 61.5 Å². The van der Waals surface area contributed by atoms with Crippen molar-refractivity contribution in [2.75, 3.05) is 5.75 Å². The van der Waals surface area contributed by atoms with Crippen molar-refractivity contribution in [3.05, 3.63) is 95.8 Å². The highest BCUT2D eigenvalue weighted by Crippen LogP contribution is 2.25. The lowest BCUT2D eigenvalue weighted by molar-refractivity contribution is -0.116. The summed E-state index contributed by atoms with van der Waals surface area (Å²) >= 11 is 1.43. The maximum absolute atomic E-state index is 12.5.